The quantitative estimate of drug-likeness (QED) is 0.588. The molecule has 0 aliphatic heterocycles. The topological polar surface area (TPSA) is 96.0 Å². The third-order valence-corrected chi connectivity index (χ3v) is 3.78. The summed E-state index contributed by atoms with van der Waals surface area (Å²) in [5, 5.41) is 15.4. The van der Waals surface area contributed by atoms with E-state index in [1.165, 1.54) is 0 Å². The zero-order valence-corrected chi connectivity index (χ0v) is 14.3. The number of H-pyrrole nitrogens is 2. The van der Waals surface area contributed by atoms with Crippen molar-refractivity contribution in [3.05, 3.63) is 42.4 Å². The lowest BCUT2D eigenvalue weighted by molar-refractivity contribution is 0.815. The van der Waals surface area contributed by atoms with Crippen molar-refractivity contribution in [3.63, 3.8) is 0 Å². The van der Waals surface area contributed by atoms with Crippen LogP contribution in [0.3, 0.4) is 0 Å². The summed E-state index contributed by atoms with van der Waals surface area (Å²) in [5.74, 6) is 0.893. The molecule has 4 aromatic heterocycles. The van der Waals surface area contributed by atoms with E-state index in [4.69, 9.17) is 0 Å². The summed E-state index contributed by atoms with van der Waals surface area (Å²) in [6.45, 7) is 8.49. The number of aromatic nitrogens is 7. The van der Waals surface area contributed by atoms with Crippen LogP contribution in [0.1, 0.15) is 50.9 Å². The number of hydrogen-bond acceptors (Lipinski definition) is 5. The predicted octanol–water partition coefficient (Wildman–Crippen LogP) is 3.56. The van der Waals surface area contributed by atoms with Crippen molar-refractivity contribution in [2.24, 2.45) is 0 Å². The van der Waals surface area contributed by atoms with Crippen molar-refractivity contribution in [3.8, 4) is 0 Å². The van der Waals surface area contributed by atoms with Crippen molar-refractivity contribution in [2.75, 3.05) is 0 Å². The average molecular weight is 323 g/mol. The molecule has 0 saturated carbocycles. The van der Waals surface area contributed by atoms with Crippen LogP contribution >= 0.6 is 0 Å². The molecule has 0 aliphatic rings. The van der Waals surface area contributed by atoms with Crippen LogP contribution in [0.25, 0.3) is 21.9 Å². The maximum Gasteiger partial charge on any atom is 0.129 e. The van der Waals surface area contributed by atoms with Gasteiger partial charge in [0.05, 0.1) is 17.4 Å². The minimum Gasteiger partial charge on any atom is -0.281 e. The molecule has 2 N–H and O–H groups in total. The number of fused-ring (bicyclic) bond motifs is 2. The summed E-state index contributed by atoms with van der Waals surface area (Å²) in [4.78, 5) is 12.1. The number of rotatable bonds is 2. The van der Waals surface area contributed by atoms with E-state index in [9.17, 15) is 0 Å². The Labute approximate surface area is 140 Å². The van der Waals surface area contributed by atoms with Gasteiger partial charge < -0.3 is 0 Å². The van der Waals surface area contributed by atoms with Gasteiger partial charge in [0, 0.05) is 23.5 Å². The zero-order chi connectivity index (χ0) is 17.1. The first-order chi connectivity index (χ1) is 11.6. The second-order valence-electron chi connectivity index (χ2n) is 6.23. The van der Waals surface area contributed by atoms with Crippen molar-refractivity contribution in [2.45, 2.75) is 39.5 Å². The molecule has 4 aromatic rings. The van der Waals surface area contributed by atoms with Crippen LogP contribution in [0.5, 0.6) is 0 Å². The Hall–Kier alpha value is -2.83. The minimum absolute atomic E-state index is 0.421. The molecule has 0 fully saturated rings. The number of hydrogen-bond donors (Lipinski definition) is 2. The molecule has 7 heteroatoms. The van der Waals surface area contributed by atoms with Crippen molar-refractivity contribution < 1.29 is 0 Å². The van der Waals surface area contributed by atoms with Crippen molar-refractivity contribution in [1.29, 1.82) is 0 Å². The normalized spacial score (nSPS) is 11.2. The molecule has 0 aromatic carbocycles. The maximum absolute atomic E-state index is 4.17. The van der Waals surface area contributed by atoms with Gasteiger partial charge in [-0.25, -0.2) is 9.97 Å². The summed E-state index contributed by atoms with van der Waals surface area (Å²) in [6, 6.07) is 1.91. The van der Waals surface area contributed by atoms with Crippen LogP contribution in [0.2, 0.25) is 0 Å². The third-order valence-electron chi connectivity index (χ3n) is 3.78. The lowest BCUT2D eigenvalue weighted by Crippen LogP contribution is -1.89. The van der Waals surface area contributed by atoms with Gasteiger partial charge in [-0.1, -0.05) is 27.7 Å². The first-order valence-corrected chi connectivity index (χ1v) is 8.00. The highest BCUT2D eigenvalue weighted by Crippen LogP contribution is 2.21. The molecule has 0 radical (unpaired) electrons. The van der Waals surface area contributed by atoms with E-state index in [0.717, 1.165) is 33.3 Å². The predicted molar refractivity (Wildman–Crippen MR) is 93.8 cm³/mol. The van der Waals surface area contributed by atoms with Gasteiger partial charge in [-0.05, 0) is 17.9 Å². The SMILES string of the molecule is CC(C)c1[nH]nc2ccncc12.CC(C)c1[nH]nc2cncnc12. The largest absolute Gasteiger partial charge is 0.281 e. The second kappa shape index (κ2) is 6.74. The molecule has 0 aliphatic carbocycles. The Kier molecular flexibility index (Phi) is 4.50. The fourth-order valence-electron chi connectivity index (χ4n) is 2.50. The van der Waals surface area contributed by atoms with Crippen LogP contribution in [0.15, 0.2) is 31.0 Å². The van der Waals surface area contributed by atoms with Crippen molar-refractivity contribution in [1.82, 2.24) is 35.3 Å². The summed E-state index contributed by atoms with van der Waals surface area (Å²) in [6.07, 6.45) is 6.87. The minimum atomic E-state index is 0.421. The highest BCUT2D eigenvalue weighted by Gasteiger charge is 2.09. The molecule has 7 nitrogen and oxygen atoms in total. The van der Waals surface area contributed by atoms with Gasteiger partial charge in [-0.2, -0.15) is 10.2 Å². The van der Waals surface area contributed by atoms with Crippen LogP contribution in [-0.2, 0) is 0 Å². The van der Waals surface area contributed by atoms with E-state index >= 15 is 0 Å². The molecule has 0 atom stereocenters. The molecule has 0 spiro atoms. The van der Waals surface area contributed by atoms with Gasteiger partial charge in [0.2, 0.25) is 0 Å². The number of pyridine rings is 1. The first-order valence-electron chi connectivity index (χ1n) is 8.00. The summed E-state index contributed by atoms with van der Waals surface area (Å²) in [7, 11) is 0. The Morgan fingerprint density at radius 1 is 0.833 bits per heavy atom. The van der Waals surface area contributed by atoms with E-state index in [0.29, 0.717) is 11.8 Å². The van der Waals surface area contributed by atoms with Crippen LogP contribution in [0.4, 0.5) is 0 Å². The molecule has 0 amide bonds. The Balaban J connectivity index is 0.000000141. The van der Waals surface area contributed by atoms with Gasteiger partial charge in [-0.15, -0.1) is 0 Å². The second-order valence-corrected chi connectivity index (χ2v) is 6.23. The first kappa shape index (κ1) is 16.0. The van der Waals surface area contributed by atoms with E-state index in [-0.39, 0.29) is 0 Å². The maximum atomic E-state index is 4.17. The molecule has 24 heavy (non-hydrogen) atoms. The third kappa shape index (κ3) is 3.10. The molecule has 0 bridgehead atoms. The van der Waals surface area contributed by atoms with E-state index < -0.39 is 0 Å². The van der Waals surface area contributed by atoms with Gasteiger partial charge in [0.1, 0.15) is 17.4 Å². The monoisotopic (exact) mass is 323 g/mol. The molecular weight excluding hydrogens is 302 g/mol. The number of nitrogens with one attached hydrogen (secondary N) is 2. The van der Waals surface area contributed by atoms with Crippen LogP contribution in [-0.4, -0.2) is 35.3 Å². The Bertz CT molecular complexity index is 858. The summed E-state index contributed by atoms with van der Waals surface area (Å²) < 4.78 is 0. The van der Waals surface area contributed by atoms with E-state index in [1.807, 2.05) is 12.3 Å². The fourth-order valence-corrected chi connectivity index (χ4v) is 2.50. The Morgan fingerprint density at radius 2 is 1.54 bits per heavy atom. The van der Waals surface area contributed by atoms with E-state index in [1.54, 1.807) is 18.7 Å². The molecule has 0 saturated heterocycles. The fraction of sp³-hybridized carbons (Fsp3) is 0.353. The van der Waals surface area contributed by atoms with Gasteiger partial charge >= 0.3 is 0 Å². The number of aromatic amines is 2. The molecule has 4 rings (SSSR count). The highest BCUT2D eigenvalue weighted by atomic mass is 15.1. The molecule has 124 valence electrons. The highest BCUT2D eigenvalue weighted by molar-refractivity contribution is 5.80. The molecular formula is C17H21N7. The smallest absolute Gasteiger partial charge is 0.129 e. The van der Waals surface area contributed by atoms with Gasteiger partial charge in [-0.3, -0.25) is 15.2 Å². The van der Waals surface area contributed by atoms with Crippen molar-refractivity contribution >= 4 is 21.9 Å². The standard InChI is InChI=1S/C9H11N3.C8H10N4/c1-6(2)9-7-5-10-4-3-8(7)11-12-9;1-5(2)7-8-6(11-12-7)3-9-4-10-8/h3-6H,1-2H3,(H,11,12);3-5H,1-2H3,(H,11,12). The van der Waals surface area contributed by atoms with Gasteiger partial charge in [0.25, 0.3) is 0 Å². The average Bonchev–Trinajstić information content (AvgIpc) is 3.19. The molecule has 4 heterocycles. The lowest BCUT2D eigenvalue weighted by atomic mass is 10.1. The van der Waals surface area contributed by atoms with E-state index in [2.05, 4.69) is 63.0 Å². The Morgan fingerprint density at radius 3 is 2.29 bits per heavy atom. The summed E-state index contributed by atoms with van der Waals surface area (Å²) in [5.41, 5.74) is 5.00. The summed E-state index contributed by atoms with van der Waals surface area (Å²) >= 11 is 0. The van der Waals surface area contributed by atoms with Crippen LogP contribution in [0, 0.1) is 0 Å². The lowest BCUT2D eigenvalue weighted by Gasteiger charge is -1.99. The number of nitrogens with zero attached hydrogens (tertiary/aromatic N) is 5. The zero-order valence-electron chi connectivity index (χ0n) is 14.3. The van der Waals surface area contributed by atoms with Crippen LogP contribution < -0.4 is 0 Å². The van der Waals surface area contributed by atoms with Gasteiger partial charge in [0.15, 0.2) is 0 Å². The molecule has 0 unspecified atom stereocenters.